The van der Waals surface area contributed by atoms with Crippen molar-refractivity contribution in [2.75, 3.05) is 0 Å². The Labute approximate surface area is 84.2 Å². The van der Waals surface area contributed by atoms with Crippen LogP contribution in [0, 0.1) is 6.20 Å². The standard InChI is InChI=1S/C9H13N2O2S/c1-9(2,3)7-4-5-11-6-8(7)14(10,12)13/h4-5H,1-3H3,(H2,10,12,13). The first kappa shape index (κ1) is 11.1. The average molecular weight is 213 g/mol. The lowest BCUT2D eigenvalue weighted by Crippen LogP contribution is -2.21. The highest BCUT2D eigenvalue weighted by Crippen LogP contribution is 2.26. The summed E-state index contributed by atoms with van der Waals surface area (Å²) in [4.78, 5) is 3.62. The highest BCUT2D eigenvalue weighted by atomic mass is 32.2. The Morgan fingerprint density at radius 3 is 2.36 bits per heavy atom. The number of pyridine rings is 1. The van der Waals surface area contributed by atoms with Crippen LogP contribution in [0.5, 0.6) is 0 Å². The van der Waals surface area contributed by atoms with E-state index in [9.17, 15) is 8.42 Å². The highest BCUT2D eigenvalue weighted by molar-refractivity contribution is 7.89. The van der Waals surface area contributed by atoms with Gasteiger partial charge in [-0.15, -0.1) is 0 Å². The summed E-state index contributed by atoms with van der Waals surface area (Å²) in [5.74, 6) is 0. The summed E-state index contributed by atoms with van der Waals surface area (Å²) in [5.41, 5.74) is 0.344. The molecule has 1 aromatic rings. The Bertz CT molecular complexity index is 432. The monoisotopic (exact) mass is 213 g/mol. The van der Waals surface area contributed by atoms with Crippen LogP contribution in [-0.4, -0.2) is 13.4 Å². The molecule has 2 N–H and O–H groups in total. The highest BCUT2D eigenvalue weighted by Gasteiger charge is 2.23. The van der Waals surface area contributed by atoms with Crippen LogP contribution in [0.25, 0.3) is 0 Å². The summed E-state index contributed by atoms with van der Waals surface area (Å²) >= 11 is 0. The van der Waals surface area contributed by atoms with Crippen LogP contribution < -0.4 is 5.14 Å². The molecule has 0 saturated carbocycles. The molecular formula is C9H13N2O2S. The Morgan fingerprint density at radius 1 is 1.43 bits per heavy atom. The minimum Gasteiger partial charge on any atom is -0.253 e. The maximum atomic E-state index is 11.2. The molecule has 77 valence electrons. The van der Waals surface area contributed by atoms with Crippen molar-refractivity contribution in [2.45, 2.75) is 31.1 Å². The van der Waals surface area contributed by atoms with Gasteiger partial charge in [0.2, 0.25) is 10.0 Å². The van der Waals surface area contributed by atoms with Crippen molar-refractivity contribution >= 4 is 10.0 Å². The summed E-state index contributed by atoms with van der Waals surface area (Å²) in [7, 11) is -3.73. The van der Waals surface area contributed by atoms with Crippen LogP contribution in [-0.2, 0) is 15.4 Å². The maximum Gasteiger partial charge on any atom is 0.240 e. The molecule has 1 radical (unpaired) electrons. The van der Waals surface area contributed by atoms with Crippen molar-refractivity contribution in [2.24, 2.45) is 5.14 Å². The van der Waals surface area contributed by atoms with Crippen molar-refractivity contribution in [3.63, 3.8) is 0 Å². The summed E-state index contributed by atoms with van der Waals surface area (Å²) in [6, 6.07) is 1.65. The Balaban J connectivity index is 3.47. The maximum absolute atomic E-state index is 11.2. The van der Waals surface area contributed by atoms with Gasteiger partial charge < -0.3 is 0 Å². The molecule has 5 heteroatoms. The van der Waals surface area contributed by atoms with Crippen LogP contribution in [0.15, 0.2) is 17.2 Å². The van der Waals surface area contributed by atoms with Crippen LogP contribution >= 0.6 is 0 Å². The van der Waals surface area contributed by atoms with Gasteiger partial charge in [0.1, 0.15) is 11.1 Å². The topological polar surface area (TPSA) is 73.0 Å². The summed E-state index contributed by atoms with van der Waals surface area (Å²) in [6.07, 6.45) is 3.93. The number of hydrogen-bond donors (Lipinski definition) is 1. The van der Waals surface area contributed by atoms with E-state index >= 15 is 0 Å². The fourth-order valence-corrected chi connectivity index (χ4v) is 2.01. The molecule has 0 unspecified atom stereocenters. The van der Waals surface area contributed by atoms with Gasteiger partial charge in [-0.3, -0.25) is 4.98 Å². The molecule has 0 aliphatic carbocycles. The third-order valence-corrected chi connectivity index (χ3v) is 2.70. The third kappa shape index (κ3) is 2.30. The summed E-state index contributed by atoms with van der Waals surface area (Å²) < 4.78 is 22.4. The number of rotatable bonds is 1. The van der Waals surface area contributed by atoms with E-state index in [-0.39, 0.29) is 10.3 Å². The molecule has 0 aliphatic heterocycles. The molecule has 1 heterocycles. The molecule has 0 spiro atoms. The van der Waals surface area contributed by atoms with Gasteiger partial charge in [-0.25, -0.2) is 13.6 Å². The molecule has 1 rings (SSSR count). The fraction of sp³-hybridized carbons (Fsp3) is 0.444. The van der Waals surface area contributed by atoms with Crippen LogP contribution in [0.1, 0.15) is 26.3 Å². The molecule has 1 aromatic heterocycles. The Morgan fingerprint density at radius 2 is 2.00 bits per heavy atom. The number of nitrogens with zero attached hydrogens (tertiary/aromatic N) is 1. The number of hydrogen-bond acceptors (Lipinski definition) is 3. The smallest absolute Gasteiger partial charge is 0.240 e. The van der Waals surface area contributed by atoms with E-state index in [1.807, 2.05) is 20.8 Å². The van der Waals surface area contributed by atoms with Gasteiger partial charge in [-0.2, -0.15) is 0 Å². The zero-order chi connectivity index (χ0) is 11.0. The first-order valence-corrected chi connectivity index (χ1v) is 5.67. The molecule has 0 fully saturated rings. The third-order valence-electron chi connectivity index (χ3n) is 1.82. The Hall–Kier alpha value is -0.940. The quantitative estimate of drug-likeness (QED) is 0.750. The van der Waals surface area contributed by atoms with Crippen molar-refractivity contribution in [3.05, 3.63) is 24.0 Å². The van der Waals surface area contributed by atoms with E-state index in [0.717, 1.165) is 0 Å². The van der Waals surface area contributed by atoms with Gasteiger partial charge in [-0.05, 0) is 17.0 Å². The average Bonchev–Trinajstić information content (AvgIpc) is 2.01. The van der Waals surface area contributed by atoms with Gasteiger partial charge in [0.15, 0.2) is 0 Å². The lowest BCUT2D eigenvalue weighted by Gasteiger charge is -2.20. The number of nitrogens with two attached hydrogens (primary N) is 1. The van der Waals surface area contributed by atoms with Crippen LogP contribution in [0.2, 0.25) is 0 Å². The second-order valence-corrected chi connectivity index (χ2v) is 5.59. The largest absolute Gasteiger partial charge is 0.253 e. The van der Waals surface area contributed by atoms with Gasteiger partial charge in [0.05, 0.1) is 0 Å². The fourth-order valence-electron chi connectivity index (χ4n) is 1.15. The number of sulfonamides is 1. The molecule has 14 heavy (non-hydrogen) atoms. The van der Waals surface area contributed by atoms with E-state index in [1.54, 1.807) is 6.07 Å². The lowest BCUT2D eigenvalue weighted by molar-refractivity contribution is 0.559. The van der Waals surface area contributed by atoms with E-state index in [1.165, 1.54) is 6.20 Å². The zero-order valence-corrected chi connectivity index (χ0v) is 9.22. The van der Waals surface area contributed by atoms with Crippen LogP contribution in [0.4, 0.5) is 0 Å². The van der Waals surface area contributed by atoms with Crippen molar-refractivity contribution < 1.29 is 8.42 Å². The van der Waals surface area contributed by atoms with Crippen molar-refractivity contribution in [3.8, 4) is 0 Å². The lowest BCUT2D eigenvalue weighted by atomic mass is 9.88. The molecule has 0 aliphatic rings. The molecule has 0 atom stereocenters. The SMILES string of the molecule is CC(C)(C)c1ccn[c]c1S(N)(=O)=O. The molecule has 4 nitrogen and oxygen atoms in total. The van der Waals surface area contributed by atoms with Gasteiger partial charge in [0.25, 0.3) is 0 Å². The van der Waals surface area contributed by atoms with E-state index < -0.39 is 10.0 Å². The van der Waals surface area contributed by atoms with Crippen molar-refractivity contribution in [1.82, 2.24) is 4.98 Å². The second kappa shape index (κ2) is 3.33. The Kier molecular flexibility index (Phi) is 2.65. The van der Waals surface area contributed by atoms with E-state index in [4.69, 9.17) is 5.14 Å². The normalized spacial score (nSPS) is 12.9. The minimum atomic E-state index is -3.73. The first-order valence-electron chi connectivity index (χ1n) is 4.13. The predicted molar refractivity (Wildman–Crippen MR) is 53.1 cm³/mol. The molecule has 0 amide bonds. The molecule has 0 bridgehead atoms. The zero-order valence-electron chi connectivity index (χ0n) is 8.40. The number of aromatic nitrogens is 1. The van der Waals surface area contributed by atoms with Crippen LogP contribution in [0.3, 0.4) is 0 Å². The van der Waals surface area contributed by atoms with E-state index in [0.29, 0.717) is 5.56 Å². The molecule has 0 saturated heterocycles. The predicted octanol–water partition coefficient (Wildman–Crippen LogP) is 0.827. The van der Waals surface area contributed by atoms with Gasteiger partial charge in [0, 0.05) is 6.20 Å². The van der Waals surface area contributed by atoms with Crippen molar-refractivity contribution in [1.29, 1.82) is 0 Å². The molecular weight excluding hydrogens is 200 g/mol. The summed E-state index contributed by atoms with van der Waals surface area (Å²) in [6.45, 7) is 5.72. The summed E-state index contributed by atoms with van der Waals surface area (Å²) in [5, 5.41) is 5.06. The van der Waals surface area contributed by atoms with E-state index in [2.05, 4.69) is 11.2 Å². The second-order valence-electron chi connectivity index (χ2n) is 4.09. The van der Waals surface area contributed by atoms with Gasteiger partial charge >= 0.3 is 0 Å². The number of primary sulfonamides is 1. The molecule has 0 aromatic carbocycles. The van der Waals surface area contributed by atoms with Gasteiger partial charge in [-0.1, -0.05) is 20.8 Å². The minimum absolute atomic E-state index is 0.0208. The first-order chi connectivity index (χ1) is 6.23.